The predicted octanol–water partition coefficient (Wildman–Crippen LogP) is 3.46. The van der Waals surface area contributed by atoms with E-state index in [0.717, 1.165) is 6.07 Å². The summed E-state index contributed by atoms with van der Waals surface area (Å²) in [6.07, 6.45) is 0. The maximum atomic E-state index is 12.6. The van der Waals surface area contributed by atoms with Crippen LogP contribution in [0.2, 0.25) is 0 Å². The van der Waals surface area contributed by atoms with Crippen LogP contribution >= 0.6 is 11.8 Å². The summed E-state index contributed by atoms with van der Waals surface area (Å²) in [5, 5.41) is 0. The fraction of sp³-hybridized carbons (Fsp3) is 0.333. The third-order valence-electron chi connectivity index (χ3n) is 1.41. The van der Waals surface area contributed by atoms with Gasteiger partial charge in [0.2, 0.25) is 0 Å². The summed E-state index contributed by atoms with van der Waals surface area (Å²) >= 11 is -0.162. The van der Waals surface area contributed by atoms with Crippen molar-refractivity contribution >= 4 is 11.8 Å². The molecule has 0 aliphatic heterocycles. The number of halogens is 4. The van der Waals surface area contributed by atoms with Crippen LogP contribution in [-0.2, 0) is 0 Å². The van der Waals surface area contributed by atoms with E-state index >= 15 is 0 Å². The summed E-state index contributed by atoms with van der Waals surface area (Å²) < 4.78 is 52.6. The molecule has 0 radical (unpaired) electrons. The number of alkyl halides is 3. The van der Waals surface area contributed by atoms with E-state index in [4.69, 9.17) is 4.74 Å². The standard InChI is InChI=1S/C9H8F4OS/c10-7-2-1-3-8(6-7)14-4-5-15-9(11,12)13/h1-3,6H,4-5H2. The second-order valence-corrected chi connectivity index (χ2v) is 3.76. The fourth-order valence-electron chi connectivity index (χ4n) is 0.874. The number of hydrogen-bond donors (Lipinski definition) is 0. The van der Waals surface area contributed by atoms with Gasteiger partial charge in [0.15, 0.2) is 0 Å². The van der Waals surface area contributed by atoms with Crippen molar-refractivity contribution in [2.75, 3.05) is 12.4 Å². The van der Waals surface area contributed by atoms with Crippen molar-refractivity contribution in [3.8, 4) is 5.75 Å². The summed E-state index contributed by atoms with van der Waals surface area (Å²) in [5.74, 6) is -0.450. The topological polar surface area (TPSA) is 9.23 Å². The lowest BCUT2D eigenvalue weighted by molar-refractivity contribution is -0.0329. The highest BCUT2D eigenvalue weighted by Gasteiger charge is 2.27. The Labute approximate surface area is 88.4 Å². The predicted molar refractivity (Wildman–Crippen MR) is 50.4 cm³/mol. The highest BCUT2D eigenvalue weighted by atomic mass is 32.2. The Morgan fingerprint density at radius 2 is 2.00 bits per heavy atom. The van der Waals surface area contributed by atoms with E-state index < -0.39 is 11.3 Å². The van der Waals surface area contributed by atoms with Gasteiger partial charge in [-0.2, -0.15) is 13.2 Å². The molecular weight excluding hydrogens is 232 g/mol. The van der Waals surface area contributed by atoms with Crippen LogP contribution in [-0.4, -0.2) is 17.9 Å². The van der Waals surface area contributed by atoms with Crippen LogP contribution in [0.15, 0.2) is 24.3 Å². The van der Waals surface area contributed by atoms with Gasteiger partial charge in [0.1, 0.15) is 11.6 Å². The first-order chi connectivity index (χ1) is 6.97. The molecule has 0 heterocycles. The van der Waals surface area contributed by atoms with Crippen LogP contribution in [0, 0.1) is 5.82 Å². The maximum absolute atomic E-state index is 12.6. The molecule has 0 aliphatic rings. The van der Waals surface area contributed by atoms with E-state index in [0.29, 0.717) is 0 Å². The molecule has 1 rings (SSSR count). The smallest absolute Gasteiger partial charge is 0.441 e. The molecule has 0 unspecified atom stereocenters. The zero-order chi connectivity index (χ0) is 11.3. The Morgan fingerprint density at radius 1 is 1.27 bits per heavy atom. The van der Waals surface area contributed by atoms with Crippen molar-refractivity contribution < 1.29 is 22.3 Å². The van der Waals surface area contributed by atoms with E-state index in [2.05, 4.69) is 0 Å². The molecule has 0 atom stereocenters. The Morgan fingerprint density at radius 3 is 2.60 bits per heavy atom. The van der Waals surface area contributed by atoms with Crippen molar-refractivity contribution in [2.24, 2.45) is 0 Å². The van der Waals surface area contributed by atoms with E-state index in [-0.39, 0.29) is 29.9 Å². The molecule has 1 aromatic carbocycles. The lowest BCUT2D eigenvalue weighted by Gasteiger charge is -2.07. The highest BCUT2D eigenvalue weighted by molar-refractivity contribution is 8.00. The molecule has 0 N–H and O–H groups in total. The fourth-order valence-corrected chi connectivity index (χ4v) is 1.27. The molecule has 1 aromatic rings. The second-order valence-electron chi connectivity index (χ2n) is 2.60. The van der Waals surface area contributed by atoms with Crippen LogP contribution in [0.3, 0.4) is 0 Å². The lowest BCUT2D eigenvalue weighted by atomic mass is 10.3. The van der Waals surface area contributed by atoms with Gasteiger partial charge in [-0.05, 0) is 23.9 Å². The van der Waals surface area contributed by atoms with Crippen LogP contribution in [0.25, 0.3) is 0 Å². The Bertz CT molecular complexity index is 313. The van der Waals surface area contributed by atoms with E-state index in [1.807, 2.05) is 0 Å². The van der Waals surface area contributed by atoms with Gasteiger partial charge in [-0.1, -0.05) is 6.07 Å². The first kappa shape index (κ1) is 12.2. The van der Waals surface area contributed by atoms with Gasteiger partial charge in [0.25, 0.3) is 0 Å². The molecule has 0 spiro atoms. The van der Waals surface area contributed by atoms with Crippen molar-refractivity contribution in [1.82, 2.24) is 0 Å². The Balaban J connectivity index is 2.26. The summed E-state index contributed by atoms with van der Waals surface area (Å²) in [4.78, 5) is 0. The molecule has 0 amide bonds. The molecule has 0 aromatic heterocycles. The minimum atomic E-state index is -4.24. The molecule has 0 bridgehead atoms. The molecule has 0 aliphatic carbocycles. The lowest BCUT2D eigenvalue weighted by Crippen LogP contribution is -2.07. The minimum absolute atomic E-state index is 0.104. The summed E-state index contributed by atoms with van der Waals surface area (Å²) in [6, 6.07) is 5.28. The third kappa shape index (κ3) is 5.51. The third-order valence-corrected chi connectivity index (χ3v) is 2.11. The van der Waals surface area contributed by atoms with Crippen LogP contribution < -0.4 is 4.74 Å². The van der Waals surface area contributed by atoms with Crippen LogP contribution in [0.1, 0.15) is 0 Å². The quantitative estimate of drug-likeness (QED) is 0.588. The van der Waals surface area contributed by atoms with Gasteiger partial charge >= 0.3 is 5.51 Å². The van der Waals surface area contributed by atoms with Crippen molar-refractivity contribution in [3.05, 3.63) is 30.1 Å². The zero-order valence-corrected chi connectivity index (χ0v) is 8.37. The van der Waals surface area contributed by atoms with Crippen LogP contribution in [0.5, 0.6) is 5.75 Å². The molecule has 0 saturated heterocycles. The molecule has 6 heteroatoms. The molecule has 1 nitrogen and oxygen atoms in total. The van der Waals surface area contributed by atoms with Crippen molar-refractivity contribution in [2.45, 2.75) is 5.51 Å². The maximum Gasteiger partial charge on any atom is 0.441 e. The van der Waals surface area contributed by atoms with E-state index in [1.165, 1.54) is 18.2 Å². The van der Waals surface area contributed by atoms with Gasteiger partial charge in [-0.25, -0.2) is 4.39 Å². The molecule has 0 fully saturated rings. The number of ether oxygens (including phenoxy) is 1. The SMILES string of the molecule is Fc1cccc(OCCSC(F)(F)F)c1. The number of thioether (sulfide) groups is 1. The van der Waals surface area contributed by atoms with Gasteiger partial charge in [0, 0.05) is 11.8 Å². The molecule has 84 valence electrons. The summed E-state index contributed by atoms with van der Waals surface area (Å²) in [6.45, 7) is -0.104. The first-order valence-electron chi connectivity index (χ1n) is 4.06. The van der Waals surface area contributed by atoms with Gasteiger partial charge in [-0.3, -0.25) is 0 Å². The van der Waals surface area contributed by atoms with Gasteiger partial charge in [0.05, 0.1) is 6.61 Å². The average molecular weight is 240 g/mol. The number of hydrogen-bond acceptors (Lipinski definition) is 2. The van der Waals surface area contributed by atoms with E-state index in [1.54, 1.807) is 0 Å². The average Bonchev–Trinajstić information content (AvgIpc) is 2.11. The zero-order valence-electron chi connectivity index (χ0n) is 7.55. The molecule has 0 saturated carbocycles. The summed E-state index contributed by atoms with van der Waals surface area (Å²) in [7, 11) is 0. The second kappa shape index (κ2) is 5.25. The largest absolute Gasteiger partial charge is 0.493 e. The molecule has 15 heavy (non-hydrogen) atoms. The monoisotopic (exact) mass is 240 g/mol. The normalized spacial score (nSPS) is 11.5. The Kier molecular flexibility index (Phi) is 4.26. The molecular formula is C9H8F4OS. The minimum Gasteiger partial charge on any atom is -0.493 e. The van der Waals surface area contributed by atoms with Gasteiger partial charge in [-0.15, -0.1) is 0 Å². The number of rotatable bonds is 4. The summed E-state index contributed by atoms with van der Waals surface area (Å²) in [5.41, 5.74) is -4.24. The highest BCUT2D eigenvalue weighted by Crippen LogP contribution is 2.29. The van der Waals surface area contributed by atoms with Crippen molar-refractivity contribution in [1.29, 1.82) is 0 Å². The van der Waals surface area contributed by atoms with Gasteiger partial charge < -0.3 is 4.74 Å². The first-order valence-corrected chi connectivity index (χ1v) is 5.05. The van der Waals surface area contributed by atoms with Crippen molar-refractivity contribution in [3.63, 3.8) is 0 Å². The number of benzene rings is 1. The van der Waals surface area contributed by atoms with Crippen LogP contribution in [0.4, 0.5) is 17.6 Å². The van der Waals surface area contributed by atoms with E-state index in [9.17, 15) is 17.6 Å². The Hall–Kier alpha value is -0.910.